The number of unbranched alkanes of at least 4 members (excludes halogenated alkanes) is 1. The zero-order valence-corrected chi connectivity index (χ0v) is 15.7. The smallest absolute Gasteiger partial charge is 0.191 e. The lowest BCUT2D eigenvalue weighted by atomic mass is 10.0. The van der Waals surface area contributed by atoms with Gasteiger partial charge in [0.05, 0.1) is 0 Å². The minimum atomic E-state index is -1.59. The van der Waals surface area contributed by atoms with Crippen molar-refractivity contribution in [1.82, 2.24) is 0 Å². The molecule has 0 N–H and O–H groups in total. The molecule has 22 heavy (non-hydrogen) atoms. The van der Waals surface area contributed by atoms with E-state index < -0.39 is 8.32 Å². The van der Waals surface area contributed by atoms with Crippen LogP contribution in [0.5, 0.6) is 5.75 Å². The molecule has 3 heteroatoms. The molecule has 122 valence electrons. The zero-order valence-electron chi connectivity index (χ0n) is 14.7. The third-order valence-corrected chi connectivity index (χ3v) is 9.38. The van der Waals surface area contributed by atoms with E-state index in [0.717, 1.165) is 43.8 Å². The molecule has 0 spiro atoms. The van der Waals surface area contributed by atoms with Crippen molar-refractivity contribution in [2.45, 2.75) is 64.6 Å². The first-order valence-electron chi connectivity index (χ1n) is 8.38. The average molecular weight is 319 g/mol. The fourth-order valence-electron chi connectivity index (χ4n) is 2.29. The van der Waals surface area contributed by atoms with Gasteiger partial charge in [0.2, 0.25) is 0 Å². The molecule has 2 rings (SSSR count). The van der Waals surface area contributed by atoms with Crippen LogP contribution in [0.3, 0.4) is 0 Å². The molecule has 0 unspecified atom stereocenters. The summed E-state index contributed by atoms with van der Waals surface area (Å²) >= 11 is 0. The van der Waals surface area contributed by atoms with Gasteiger partial charge in [-0.25, -0.2) is 0 Å². The molecule has 0 saturated carbocycles. The van der Waals surface area contributed by atoms with Crippen LogP contribution < -0.4 is 4.74 Å². The Labute approximate surface area is 136 Å². The number of fused-ring (bicyclic) bond motifs is 1. The first-order chi connectivity index (χ1) is 10.3. The van der Waals surface area contributed by atoms with E-state index in [-0.39, 0.29) is 0 Å². The van der Waals surface area contributed by atoms with Crippen LogP contribution in [0.4, 0.5) is 0 Å². The molecule has 0 aliphatic carbocycles. The fourth-order valence-corrected chi connectivity index (χ4v) is 3.38. The topological polar surface area (TPSA) is 18.5 Å². The molecule has 0 aromatic heterocycles. The van der Waals surface area contributed by atoms with Crippen LogP contribution in [-0.4, -0.2) is 14.9 Å². The van der Waals surface area contributed by atoms with Gasteiger partial charge in [-0.1, -0.05) is 39.0 Å². The summed E-state index contributed by atoms with van der Waals surface area (Å²) in [5.74, 6) is 2.14. The van der Waals surface area contributed by atoms with Crippen molar-refractivity contribution in [2.24, 2.45) is 0 Å². The number of rotatable bonds is 5. The van der Waals surface area contributed by atoms with Gasteiger partial charge >= 0.3 is 0 Å². The summed E-state index contributed by atoms with van der Waals surface area (Å²) in [6.07, 6.45) is 6.45. The highest BCUT2D eigenvalue weighted by atomic mass is 28.4. The van der Waals surface area contributed by atoms with Crippen LogP contribution >= 0.6 is 0 Å². The number of ether oxygens (including phenoxy) is 1. The molecule has 0 amide bonds. The first-order valence-corrected chi connectivity index (χ1v) is 11.3. The number of para-hydroxylation sites is 1. The van der Waals surface area contributed by atoms with Crippen molar-refractivity contribution in [3.05, 3.63) is 41.7 Å². The van der Waals surface area contributed by atoms with Gasteiger partial charge in [0, 0.05) is 13.0 Å². The van der Waals surface area contributed by atoms with Gasteiger partial charge in [0.25, 0.3) is 0 Å². The zero-order chi connectivity index (χ0) is 16.2. The Kier molecular flexibility index (Phi) is 5.51. The number of aryl methyl sites for hydroxylation is 1. The summed E-state index contributed by atoms with van der Waals surface area (Å²) in [6, 6.07) is 8.33. The molecule has 0 saturated heterocycles. The summed E-state index contributed by atoms with van der Waals surface area (Å²) in [7, 11) is -1.59. The second-order valence-corrected chi connectivity index (χ2v) is 12.4. The van der Waals surface area contributed by atoms with E-state index in [9.17, 15) is 0 Å². The van der Waals surface area contributed by atoms with Gasteiger partial charge < -0.3 is 9.16 Å². The molecule has 1 aliphatic rings. The summed E-state index contributed by atoms with van der Waals surface area (Å²) in [5, 5.41) is 0.293. The van der Waals surface area contributed by atoms with Crippen molar-refractivity contribution in [3.63, 3.8) is 0 Å². The lowest BCUT2D eigenvalue weighted by Gasteiger charge is -2.36. The van der Waals surface area contributed by atoms with Gasteiger partial charge in [-0.15, -0.1) is 0 Å². The van der Waals surface area contributed by atoms with E-state index in [1.165, 1.54) is 5.56 Å². The van der Waals surface area contributed by atoms with Crippen molar-refractivity contribution in [2.75, 3.05) is 6.61 Å². The number of hydrogen-bond donors (Lipinski definition) is 0. The molecule has 2 nitrogen and oxygen atoms in total. The molecular formula is C19H30O2Si. The van der Waals surface area contributed by atoms with Crippen LogP contribution in [0, 0.1) is 0 Å². The van der Waals surface area contributed by atoms with Crippen LogP contribution in [0.2, 0.25) is 18.1 Å². The van der Waals surface area contributed by atoms with E-state index >= 15 is 0 Å². The Morgan fingerprint density at radius 3 is 2.64 bits per heavy atom. The summed E-state index contributed by atoms with van der Waals surface area (Å²) < 4.78 is 12.2. The second kappa shape index (κ2) is 7.01. The quantitative estimate of drug-likeness (QED) is 0.512. The summed E-state index contributed by atoms with van der Waals surface area (Å²) in [6.45, 7) is 12.3. The largest absolute Gasteiger partial charge is 0.462 e. The maximum Gasteiger partial charge on any atom is 0.191 e. The van der Waals surface area contributed by atoms with Crippen molar-refractivity contribution in [3.8, 4) is 5.75 Å². The van der Waals surface area contributed by atoms with Crippen molar-refractivity contribution >= 4 is 8.32 Å². The predicted molar refractivity (Wildman–Crippen MR) is 95.9 cm³/mol. The molecule has 1 aromatic rings. The second-order valence-electron chi connectivity index (χ2n) is 7.63. The number of hydrogen-bond acceptors (Lipinski definition) is 2. The van der Waals surface area contributed by atoms with Crippen LogP contribution in [-0.2, 0) is 10.8 Å². The predicted octanol–water partition coefficient (Wildman–Crippen LogP) is 5.70. The summed E-state index contributed by atoms with van der Waals surface area (Å²) in [5.41, 5.74) is 1.32. The van der Waals surface area contributed by atoms with E-state index in [4.69, 9.17) is 9.16 Å². The Hall–Kier alpha value is -1.06. The lowest BCUT2D eigenvalue weighted by molar-refractivity contribution is 0.282. The maximum absolute atomic E-state index is 6.21. The Morgan fingerprint density at radius 2 is 1.91 bits per heavy atom. The number of benzene rings is 1. The third-order valence-electron chi connectivity index (χ3n) is 4.84. The normalized spacial score (nSPS) is 17.2. The van der Waals surface area contributed by atoms with Gasteiger partial charge in [-0.05, 0) is 55.1 Å². The highest BCUT2D eigenvalue weighted by Crippen LogP contribution is 2.36. The standard InChI is InChI=1S/C19H30O2Si/c1-19(2,3)22(4,5)20-15-9-8-11-17-14-13-16-10-6-7-12-18(16)21-17/h6-7,10-12H,8-9,13-15H2,1-5H3/b17-11+. The van der Waals surface area contributed by atoms with E-state index in [2.05, 4.69) is 58.1 Å². The van der Waals surface area contributed by atoms with Crippen molar-refractivity contribution < 1.29 is 9.16 Å². The van der Waals surface area contributed by atoms with E-state index in [0.29, 0.717) is 5.04 Å². The van der Waals surface area contributed by atoms with Gasteiger partial charge in [0.15, 0.2) is 8.32 Å². The minimum absolute atomic E-state index is 0.293. The molecule has 1 aromatic carbocycles. The molecular weight excluding hydrogens is 288 g/mol. The molecule has 0 atom stereocenters. The minimum Gasteiger partial charge on any atom is -0.462 e. The highest BCUT2D eigenvalue weighted by molar-refractivity contribution is 6.74. The van der Waals surface area contributed by atoms with E-state index in [1.807, 2.05) is 6.07 Å². The molecule has 1 aliphatic heterocycles. The highest BCUT2D eigenvalue weighted by Gasteiger charge is 2.36. The third kappa shape index (κ3) is 4.47. The fraction of sp³-hybridized carbons (Fsp3) is 0.579. The monoisotopic (exact) mass is 318 g/mol. The number of allylic oxidation sites excluding steroid dienone is 2. The van der Waals surface area contributed by atoms with Gasteiger partial charge in [-0.2, -0.15) is 0 Å². The summed E-state index contributed by atoms with van der Waals surface area (Å²) in [4.78, 5) is 0. The average Bonchev–Trinajstić information content (AvgIpc) is 2.45. The first kappa shape index (κ1) is 17.3. The SMILES string of the molecule is CC(C)(C)[Si](C)(C)OCCC/C=C1\CCc2ccccc2O1. The van der Waals surface area contributed by atoms with Crippen molar-refractivity contribution in [1.29, 1.82) is 0 Å². The van der Waals surface area contributed by atoms with E-state index in [1.54, 1.807) is 0 Å². The molecule has 1 heterocycles. The van der Waals surface area contributed by atoms with Crippen LogP contribution in [0.15, 0.2) is 36.1 Å². The Morgan fingerprint density at radius 1 is 1.18 bits per heavy atom. The van der Waals surface area contributed by atoms with Crippen LogP contribution in [0.25, 0.3) is 0 Å². The van der Waals surface area contributed by atoms with Gasteiger partial charge in [-0.3, -0.25) is 0 Å². The molecule has 0 bridgehead atoms. The van der Waals surface area contributed by atoms with Crippen LogP contribution in [0.1, 0.15) is 45.6 Å². The Balaban J connectivity index is 1.76. The van der Waals surface area contributed by atoms with Gasteiger partial charge in [0.1, 0.15) is 11.5 Å². The maximum atomic E-state index is 6.21. The Bertz CT molecular complexity index is 526. The lowest BCUT2D eigenvalue weighted by Crippen LogP contribution is -2.40. The molecule has 0 radical (unpaired) electrons. The molecule has 0 fully saturated rings.